The van der Waals surface area contributed by atoms with Crippen molar-refractivity contribution in [2.24, 2.45) is 0 Å². The van der Waals surface area contributed by atoms with Gasteiger partial charge in [-0.2, -0.15) is 5.10 Å². The van der Waals surface area contributed by atoms with Gasteiger partial charge in [0, 0.05) is 18.3 Å². The monoisotopic (exact) mass is 309 g/mol. The van der Waals surface area contributed by atoms with Crippen molar-refractivity contribution in [3.8, 4) is 0 Å². The van der Waals surface area contributed by atoms with Crippen molar-refractivity contribution in [3.05, 3.63) is 17.5 Å². The Balaban J connectivity index is 2.99. The van der Waals surface area contributed by atoms with E-state index in [2.05, 4.69) is 18.9 Å². The van der Waals surface area contributed by atoms with Gasteiger partial charge in [0.2, 0.25) is 0 Å². The smallest absolute Gasteiger partial charge is 0.305 e. The van der Waals surface area contributed by atoms with Crippen molar-refractivity contribution in [1.82, 2.24) is 14.7 Å². The molecule has 1 heterocycles. The van der Waals surface area contributed by atoms with Gasteiger partial charge in [0.25, 0.3) is 5.91 Å². The molecule has 22 heavy (non-hydrogen) atoms. The maximum absolute atomic E-state index is 12.6. The number of hydrogen-bond donors (Lipinski definition) is 1. The quantitative estimate of drug-likeness (QED) is 0.801. The van der Waals surface area contributed by atoms with Crippen LogP contribution in [0.25, 0.3) is 0 Å². The largest absolute Gasteiger partial charge is 0.481 e. The molecule has 1 N–H and O–H groups in total. The molecule has 0 atom stereocenters. The van der Waals surface area contributed by atoms with Gasteiger partial charge in [-0.15, -0.1) is 0 Å². The summed E-state index contributed by atoms with van der Waals surface area (Å²) in [6, 6.07) is 2.01. The van der Waals surface area contributed by atoms with E-state index >= 15 is 0 Å². The molecular formula is C16H27N3O3. The summed E-state index contributed by atoms with van der Waals surface area (Å²) in [7, 11) is 0. The fraction of sp³-hybridized carbons (Fsp3) is 0.688. The van der Waals surface area contributed by atoms with Gasteiger partial charge in [-0.3, -0.25) is 14.3 Å². The number of nitrogens with zero attached hydrogens (tertiary/aromatic N) is 3. The van der Waals surface area contributed by atoms with Crippen molar-refractivity contribution in [2.45, 2.75) is 66.0 Å². The van der Waals surface area contributed by atoms with Crippen LogP contribution in [-0.2, 0) is 4.79 Å². The molecule has 0 fully saturated rings. The third kappa shape index (κ3) is 4.32. The van der Waals surface area contributed by atoms with Crippen LogP contribution >= 0.6 is 0 Å². The zero-order valence-corrected chi connectivity index (χ0v) is 14.2. The molecule has 0 unspecified atom stereocenters. The van der Waals surface area contributed by atoms with E-state index in [0.717, 1.165) is 18.5 Å². The summed E-state index contributed by atoms with van der Waals surface area (Å²) in [5.74, 6) is -1.11. The number of aryl methyl sites for hydroxylation is 1. The number of aliphatic carboxylic acids is 1. The second-order valence-corrected chi connectivity index (χ2v) is 5.82. The molecule has 1 aromatic heterocycles. The van der Waals surface area contributed by atoms with Gasteiger partial charge in [-0.1, -0.05) is 13.8 Å². The molecule has 0 aliphatic heterocycles. The highest BCUT2D eigenvalue weighted by molar-refractivity contribution is 5.92. The highest BCUT2D eigenvalue weighted by Crippen LogP contribution is 2.19. The van der Waals surface area contributed by atoms with Gasteiger partial charge in [0.1, 0.15) is 0 Å². The molecule has 0 saturated carbocycles. The van der Waals surface area contributed by atoms with E-state index in [9.17, 15) is 9.59 Å². The number of carbonyl (C=O) groups excluding carboxylic acids is 1. The Morgan fingerprint density at radius 1 is 1.32 bits per heavy atom. The number of aromatic nitrogens is 2. The Bertz CT molecular complexity index is 519. The van der Waals surface area contributed by atoms with E-state index in [4.69, 9.17) is 5.11 Å². The normalized spacial score (nSPS) is 11.2. The van der Waals surface area contributed by atoms with Gasteiger partial charge < -0.3 is 10.0 Å². The first kappa shape index (κ1) is 18.2. The number of carboxylic acid groups (broad SMARTS) is 1. The van der Waals surface area contributed by atoms with E-state index in [1.165, 1.54) is 0 Å². The SMILES string of the molecule is CCC(CC)n1nc(C(=O)N(CCC(=O)O)C(C)C)cc1C. The summed E-state index contributed by atoms with van der Waals surface area (Å²) in [5, 5.41) is 13.3. The van der Waals surface area contributed by atoms with Gasteiger partial charge in [0.05, 0.1) is 12.5 Å². The molecule has 0 aliphatic rings. The van der Waals surface area contributed by atoms with Crippen LogP contribution in [0.15, 0.2) is 6.07 Å². The molecule has 1 aromatic rings. The average molecular weight is 309 g/mol. The van der Waals surface area contributed by atoms with E-state index in [0.29, 0.717) is 5.69 Å². The highest BCUT2D eigenvalue weighted by atomic mass is 16.4. The predicted molar refractivity (Wildman–Crippen MR) is 85.0 cm³/mol. The lowest BCUT2D eigenvalue weighted by atomic mass is 10.2. The Morgan fingerprint density at radius 3 is 2.36 bits per heavy atom. The Kier molecular flexibility index (Phi) is 6.59. The Hall–Kier alpha value is -1.85. The number of rotatable bonds is 8. The van der Waals surface area contributed by atoms with Crippen molar-refractivity contribution in [2.75, 3.05) is 6.54 Å². The average Bonchev–Trinajstić information content (AvgIpc) is 2.82. The zero-order valence-electron chi connectivity index (χ0n) is 14.2. The van der Waals surface area contributed by atoms with Gasteiger partial charge in [0.15, 0.2) is 5.69 Å². The first-order chi connectivity index (χ1) is 10.3. The maximum Gasteiger partial charge on any atom is 0.305 e. The fourth-order valence-electron chi connectivity index (χ4n) is 2.55. The van der Waals surface area contributed by atoms with Crippen molar-refractivity contribution in [3.63, 3.8) is 0 Å². The summed E-state index contributed by atoms with van der Waals surface area (Å²) in [6.45, 7) is 10.1. The second-order valence-electron chi connectivity index (χ2n) is 5.82. The van der Waals surface area contributed by atoms with Crippen LogP contribution in [0.1, 0.15) is 69.2 Å². The number of amides is 1. The summed E-state index contributed by atoms with van der Waals surface area (Å²) in [4.78, 5) is 24.9. The fourth-order valence-corrected chi connectivity index (χ4v) is 2.55. The maximum atomic E-state index is 12.6. The van der Waals surface area contributed by atoms with Crippen LogP contribution < -0.4 is 0 Å². The van der Waals surface area contributed by atoms with Crippen LogP contribution in [0.3, 0.4) is 0 Å². The first-order valence-corrected chi connectivity index (χ1v) is 7.90. The van der Waals surface area contributed by atoms with Crippen LogP contribution in [0.2, 0.25) is 0 Å². The molecule has 1 amide bonds. The van der Waals surface area contributed by atoms with Crippen molar-refractivity contribution < 1.29 is 14.7 Å². The van der Waals surface area contributed by atoms with Gasteiger partial charge in [-0.05, 0) is 39.7 Å². The molecule has 0 radical (unpaired) electrons. The summed E-state index contributed by atoms with van der Waals surface area (Å²) >= 11 is 0. The molecular weight excluding hydrogens is 282 g/mol. The lowest BCUT2D eigenvalue weighted by Crippen LogP contribution is -2.38. The van der Waals surface area contributed by atoms with Crippen molar-refractivity contribution in [1.29, 1.82) is 0 Å². The van der Waals surface area contributed by atoms with Crippen LogP contribution in [0, 0.1) is 6.92 Å². The summed E-state index contributed by atoms with van der Waals surface area (Å²) in [6.07, 6.45) is 1.86. The summed E-state index contributed by atoms with van der Waals surface area (Å²) in [5.41, 5.74) is 1.35. The molecule has 6 nitrogen and oxygen atoms in total. The third-order valence-corrected chi connectivity index (χ3v) is 3.88. The number of hydrogen-bond acceptors (Lipinski definition) is 3. The molecule has 6 heteroatoms. The zero-order chi connectivity index (χ0) is 16.9. The standard InChI is InChI=1S/C16H27N3O3/c1-6-13(7-2)19-12(5)10-14(17-19)16(22)18(11(3)4)9-8-15(20)21/h10-11,13H,6-9H2,1-5H3,(H,20,21). The molecule has 124 valence electrons. The minimum absolute atomic E-state index is 0.0594. The molecule has 0 bridgehead atoms. The second kappa shape index (κ2) is 7.96. The predicted octanol–water partition coefficient (Wildman–Crippen LogP) is 2.88. The molecule has 0 saturated heterocycles. The molecule has 0 aromatic carbocycles. The van der Waals surface area contributed by atoms with E-state index in [1.807, 2.05) is 25.5 Å². The van der Waals surface area contributed by atoms with E-state index in [-0.39, 0.29) is 31.0 Å². The van der Waals surface area contributed by atoms with Gasteiger partial charge >= 0.3 is 5.97 Å². The minimum Gasteiger partial charge on any atom is -0.481 e. The topological polar surface area (TPSA) is 75.4 Å². The van der Waals surface area contributed by atoms with Crippen molar-refractivity contribution >= 4 is 11.9 Å². The van der Waals surface area contributed by atoms with Gasteiger partial charge in [-0.25, -0.2) is 0 Å². The lowest BCUT2D eigenvalue weighted by Gasteiger charge is -2.25. The Labute approximate surface area is 132 Å². The molecule has 1 rings (SSSR count). The van der Waals surface area contributed by atoms with Crippen LogP contribution in [0.5, 0.6) is 0 Å². The van der Waals surface area contributed by atoms with E-state index < -0.39 is 5.97 Å². The lowest BCUT2D eigenvalue weighted by molar-refractivity contribution is -0.137. The highest BCUT2D eigenvalue weighted by Gasteiger charge is 2.23. The number of carboxylic acids is 1. The third-order valence-electron chi connectivity index (χ3n) is 3.88. The Morgan fingerprint density at radius 2 is 1.91 bits per heavy atom. The summed E-state index contributed by atoms with van der Waals surface area (Å²) < 4.78 is 1.91. The molecule has 0 aliphatic carbocycles. The molecule has 0 spiro atoms. The van der Waals surface area contributed by atoms with Crippen LogP contribution in [0.4, 0.5) is 0 Å². The van der Waals surface area contributed by atoms with Crippen LogP contribution in [-0.4, -0.2) is 44.3 Å². The first-order valence-electron chi connectivity index (χ1n) is 7.90. The number of carbonyl (C=O) groups is 2. The minimum atomic E-state index is -0.905. The van der Waals surface area contributed by atoms with E-state index in [1.54, 1.807) is 11.0 Å².